The topological polar surface area (TPSA) is 27.7 Å². The van der Waals surface area contributed by atoms with Crippen LogP contribution in [0.3, 0.4) is 0 Å². The second-order valence-electron chi connectivity index (χ2n) is 15.9. The van der Waals surface area contributed by atoms with Gasteiger partial charge in [0.05, 0.1) is 33.9 Å². The molecule has 0 unspecified atom stereocenters. The summed E-state index contributed by atoms with van der Waals surface area (Å²) >= 11 is 0. The second-order valence-corrected chi connectivity index (χ2v) is 15.9. The smallest absolute Gasteiger partial charge is 0.449 e. The van der Waals surface area contributed by atoms with Crippen molar-refractivity contribution >= 4 is 0 Å². The van der Waals surface area contributed by atoms with Crippen LogP contribution >= 0.6 is 0 Å². The summed E-state index contributed by atoms with van der Waals surface area (Å²) in [6, 6.07) is 10.8. The molecule has 1 aromatic carbocycles. The maximum absolute atomic E-state index is 6.85. The SMILES string of the molecule is CCCCCCCCCCCCOC(OCCCCCCCCCCCC)(OCCCCCCCCCCCC)[N+](C)(C)Cc1ccccc1.[Br-]. The molecule has 0 aliphatic carbocycles. The maximum atomic E-state index is 6.85. The monoisotopic (exact) mass is 782 g/mol. The van der Waals surface area contributed by atoms with Gasteiger partial charge >= 0.3 is 6.10 Å². The molecule has 51 heavy (non-hydrogen) atoms. The van der Waals surface area contributed by atoms with Gasteiger partial charge in [-0.15, -0.1) is 0 Å². The Morgan fingerprint density at radius 1 is 0.392 bits per heavy atom. The van der Waals surface area contributed by atoms with Crippen molar-refractivity contribution in [3.8, 4) is 0 Å². The van der Waals surface area contributed by atoms with Gasteiger partial charge in [-0.1, -0.05) is 224 Å². The third kappa shape index (κ3) is 27.7. The fourth-order valence-electron chi connectivity index (χ4n) is 7.16. The van der Waals surface area contributed by atoms with E-state index in [0.717, 1.165) is 25.8 Å². The van der Waals surface area contributed by atoms with Crippen molar-refractivity contribution in [2.75, 3.05) is 33.9 Å². The van der Waals surface area contributed by atoms with Gasteiger partial charge in [-0.3, -0.25) is 14.2 Å². The predicted molar refractivity (Wildman–Crippen MR) is 218 cm³/mol. The normalized spacial score (nSPS) is 12.0. The Balaban J connectivity index is 0.0000250. The van der Waals surface area contributed by atoms with Crippen LogP contribution in [0.25, 0.3) is 0 Å². The molecular formula is C46H88BrNO3. The quantitative estimate of drug-likeness (QED) is 0.0378. The van der Waals surface area contributed by atoms with Crippen molar-refractivity contribution in [3.63, 3.8) is 0 Å². The molecule has 0 saturated heterocycles. The number of hydrogen-bond donors (Lipinski definition) is 0. The number of ether oxygens (including phenoxy) is 3. The standard InChI is InChI=1S/C46H88NO3.BrH/c1-6-9-12-15-18-21-24-27-30-36-41-48-46(47(4,5)44-45-39-34-33-35-40-45,49-42-37-31-28-25-22-19-16-13-10-7-2)50-43-38-32-29-26-23-20-17-14-11-8-3;/h33-35,39-40H,6-32,36-38,41-44H2,1-5H3;1H/q+1;/p-1. The molecule has 0 amide bonds. The van der Waals surface area contributed by atoms with Crippen molar-refractivity contribution < 1.29 is 35.7 Å². The summed E-state index contributed by atoms with van der Waals surface area (Å²) in [6.07, 6.45) is 38.5. The van der Waals surface area contributed by atoms with Crippen LogP contribution in [-0.2, 0) is 20.8 Å². The summed E-state index contributed by atoms with van der Waals surface area (Å²) < 4.78 is 21.1. The first-order valence-corrected chi connectivity index (χ1v) is 22.3. The highest BCUT2D eigenvalue weighted by Crippen LogP contribution is 2.31. The molecule has 0 saturated carbocycles. The molecule has 0 bridgehead atoms. The fourth-order valence-corrected chi connectivity index (χ4v) is 7.16. The van der Waals surface area contributed by atoms with Crippen LogP contribution < -0.4 is 17.0 Å². The Morgan fingerprint density at radius 3 is 0.922 bits per heavy atom. The minimum Gasteiger partial charge on any atom is -1.00 e. The van der Waals surface area contributed by atoms with Gasteiger partial charge in [-0.2, -0.15) is 0 Å². The highest BCUT2D eigenvalue weighted by molar-refractivity contribution is 5.13. The van der Waals surface area contributed by atoms with E-state index in [0.29, 0.717) is 24.3 Å². The number of halogens is 1. The summed E-state index contributed by atoms with van der Waals surface area (Å²) in [7, 11) is 4.48. The van der Waals surface area contributed by atoms with Crippen molar-refractivity contribution in [1.29, 1.82) is 0 Å². The van der Waals surface area contributed by atoms with Gasteiger partial charge in [0.25, 0.3) is 0 Å². The molecule has 0 heterocycles. The molecular weight excluding hydrogens is 694 g/mol. The van der Waals surface area contributed by atoms with Gasteiger partial charge in [0, 0.05) is 5.56 Å². The third-order valence-electron chi connectivity index (χ3n) is 10.5. The Kier molecular flexibility index (Phi) is 36.2. The first-order valence-electron chi connectivity index (χ1n) is 22.3. The highest BCUT2D eigenvalue weighted by Gasteiger charge is 2.51. The largest absolute Gasteiger partial charge is 1.00 e. The lowest BCUT2D eigenvalue weighted by atomic mass is 10.1. The molecule has 0 fully saturated rings. The fraction of sp³-hybridized carbons (Fsp3) is 0.870. The van der Waals surface area contributed by atoms with Crippen LogP contribution in [0.15, 0.2) is 30.3 Å². The van der Waals surface area contributed by atoms with E-state index < -0.39 is 6.10 Å². The van der Waals surface area contributed by atoms with Crippen LogP contribution in [-0.4, -0.2) is 44.5 Å². The number of quaternary nitrogens is 1. The van der Waals surface area contributed by atoms with Crippen LogP contribution in [0.5, 0.6) is 0 Å². The zero-order chi connectivity index (χ0) is 36.3. The minimum atomic E-state index is -1.09. The summed E-state index contributed by atoms with van der Waals surface area (Å²) in [5.74, 6) is 0. The number of hydrogen-bond acceptors (Lipinski definition) is 3. The van der Waals surface area contributed by atoms with E-state index in [1.165, 1.54) is 179 Å². The van der Waals surface area contributed by atoms with E-state index in [9.17, 15) is 0 Å². The molecule has 0 N–H and O–H groups in total. The lowest BCUT2D eigenvalue weighted by Gasteiger charge is -2.45. The summed E-state index contributed by atoms with van der Waals surface area (Å²) in [4.78, 5) is 0. The average molecular weight is 783 g/mol. The molecule has 0 aliphatic rings. The van der Waals surface area contributed by atoms with Crippen LogP contribution in [0.2, 0.25) is 0 Å². The van der Waals surface area contributed by atoms with Crippen LogP contribution in [0.4, 0.5) is 0 Å². The van der Waals surface area contributed by atoms with E-state index in [4.69, 9.17) is 14.2 Å². The Morgan fingerprint density at radius 2 is 0.647 bits per heavy atom. The zero-order valence-corrected chi connectivity index (χ0v) is 36.6. The Hall–Kier alpha value is -0.460. The third-order valence-corrected chi connectivity index (χ3v) is 10.5. The summed E-state index contributed by atoms with van der Waals surface area (Å²) in [6.45, 7) is 9.74. The number of benzene rings is 1. The van der Waals surface area contributed by atoms with Gasteiger partial charge in [0.1, 0.15) is 6.54 Å². The summed E-state index contributed by atoms with van der Waals surface area (Å²) in [5, 5.41) is 0. The van der Waals surface area contributed by atoms with E-state index in [1.807, 2.05) is 0 Å². The molecule has 4 nitrogen and oxygen atoms in total. The molecule has 0 radical (unpaired) electrons. The van der Waals surface area contributed by atoms with Crippen molar-refractivity contribution in [3.05, 3.63) is 35.9 Å². The Labute approximate surface area is 330 Å². The lowest BCUT2D eigenvalue weighted by Crippen LogP contribution is -3.00. The van der Waals surface area contributed by atoms with E-state index >= 15 is 0 Å². The highest BCUT2D eigenvalue weighted by atomic mass is 79.9. The predicted octanol–water partition coefficient (Wildman–Crippen LogP) is 11.7. The van der Waals surface area contributed by atoms with Crippen molar-refractivity contribution in [2.24, 2.45) is 0 Å². The van der Waals surface area contributed by atoms with E-state index in [-0.39, 0.29) is 17.0 Å². The van der Waals surface area contributed by atoms with Gasteiger partial charge in [-0.25, -0.2) is 4.48 Å². The van der Waals surface area contributed by atoms with Gasteiger partial charge in [0.15, 0.2) is 0 Å². The first-order chi connectivity index (χ1) is 24.5. The van der Waals surface area contributed by atoms with E-state index in [1.54, 1.807) is 0 Å². The molecule has 0 spiro atoms. The molecule has 0 aromatic heterocycles. The molecule has 1 aromatic rings. The van der Waals surface area contributed by atoms with Crippen molar-refractivity contribution in [1.82, 2.24) is 0 Å². The molecule has 302 valence electrons. The minimum absolute atomic E-state index is 0. The number of rotatable bonds is 39. The lowest BCUT2D eigenvalue weighted by molar-refractivity contribution is -1.04. The zero-order valence-electron chi connectivity index (χ0n) is 35.0. The second kappa shape index (κ2) is 36.5. The van der Waals surface area contributed by atoms with Gasteiger partial charge < -0.3 is 17.0 Å². The van der Waals surface area contributed by atoms with Crippen LogP contribution in [0.1, 0.15) is 219 Å². The average Bonchev–Trinajstić information content (AvgIpc) is 3.11. The molecule has 1 rings (SSSR count). The molecule has 0 aliphatic heterocycles. The Bertz CT molecular complexity index is 755. The maximum Gasteiger partial charge on any atom is 0.449 e. The van der Waals surface area contributed by atoms with Gasteiger partial charge in [0.2, 0.25) is 0 Å². The molecule has 5 heteroatoms. The van der Waals surface area contributed by atoms with Gasteiger partial charge in [-0.05, 0) is 19.3 Å². The number of unbranched alkanes of at least 4 members (excludes halogenated alkanes) is 27. The number of nitrogens with zero attached hydrogens (tertiary/aromatic N) is 1. The van der Waals surface area contributed by atoms with Crippen LogP contribution in [0, 0.1) is 0 Å². The first kappa shape index (κ1) is 50.5. The molecule has 0 atom stereocenters. The summed E-state index contributed by atoms with van der Waals surface area (Å²) in [5.41, 5.74) is 1.29. The van der Waals surface area contributed by atoms with Crippen molar-refractivity contribution in [2.45, 2.75) is 226 Å². The van der Waals surface area contributed by atoms with E-state index in [2.05, 4.69) is 65.2 Å².